The lowest BCUT2D eigenvalue weighted by atomic mass is 10.1. The van der Waals surface area contributed by atoms with Crippen molar-refractivity contribution in [3.05, 3.63) is 6.08 Å². The normalized spacial score (nSPS) is 12.2. The third-order valence-corrected chi connectivity index (χ3v) is 5.26. The summed E-state index contributed by atoms with van der Waals surface area (Å²) in [6.07, 6.45) is 22.9. The first-order valence-electron chi connectivity index (χ1n) is 9.01. The van der Waals surface area contributed by atoms with Crippen LogP contribution in [0.1, 0.15) is 97.3 Å². The molecule has 0 aromatic rings. The molecule has 0 saturated heterocycles. The van der Waals surface area contributed by atoms with Crippen molar-refractivity contribution in [3.8, 4) is 0 Å². The molecule has 0 aliphatic heterocycles. The van der Waals surface area contributed by atoms with E-state index in [4.69, 9.17) is 0 Å². The van der Waals surface area contributed by atoms with Gasteiger partial charge in [0.25, 0.3) is 0 Å². The lowest BCUT2D eigenvalue weighted by Crippen LogP contribution is -1.85. The summed E-state index contributed by atoms with van der Waals surface area (Å²) in [6.45, 7) is 4.54. The average Bonchev–Trinajstić information content (AvgIpc) is 2.45. The van der Waals surface area contributed by atoms with Crippen LogP contribution in [-0.4, -0.2) is 17.0 Å². The molecule has 0 aromatic carbocycles. The molecule has 0 aliphatic rings. The molecular weight excluding hydrogens is 260 g/mol. The first kappa shape index (κ1) is 20.0. The maximum absolute atomic E-state index is 3.55. The van der Waals surface area contributed by atoms with Gasteiger partial charge < -0.3 is 0 Å². The van der Waals surface area contributed by atoms with E-state index < -0.39 is 0 Å². The lowest BCUT2D eigenvalue weighted by molar-refractivity contribution is 0.563. The number of unbranched alkanes of at least 4 members (excludes halogenated alkanes) is 11. The molecule has 0 fully saturated rings. The van der Waals surface area contributed by atoms with Gasteiger partial charge in [-0.05, 0) is 37.3 Å². The second-order valence-electron chi connectivity index (χ2n) is 5.99. The summed E-state index contributed by atoms with van der Waals surface area (Å²) in [6, 6.07) is 0. The highest BCUT2D eigenvalue weighted by atomic mass is 32.2. The van der Waals surface area contributed by atoms with Gasteiger partial charge >= 0.3 is 0 Å². The first-order valence-corrected chi connectivity index (χ1v) is 10.8. The Morgan fingerprint density at radius 2 is 1.20 bits per heavy atom. The second-order valence-corrected chi connectivity index (χ2v) is 7.91. The van der Waals surface area contributed by atoms with Gasteiger partial charge in [-0.25, -0.2) is 0 Å². The Kier molecular flexibility index (Phi) is 17.1. The molecule has 0 heterocycles. The van der Waals surface area contributed by atoms with Crippen LogP contribution in [0.5, 0.6) is 0 Å². The SMILES string of the molecule is CCCCC=C=S(C)CCCCCCCCCCCC. The number of hydrogen-bond acceptors (Lipinski definition) is 0. The summed E-state index contributed by atoms with van der Waals surface area (Å²) in [5, 5.41) is 3.55. The molecule has 0 radical (unpaired) electrons. The lowest BCUT2D eigenvalue weighted by Gasteiger charge is -2.02. The Hall–Kier alpha value is 0. The van der Waals surface area contributed by atoms with Crippen LogP contribution in [0.15, 0.2) is 6.08 Å². The van der Waals surface area contributed by atoms with E-state index in [2.05, 4.69) is 31.2 Å². The van der Waals surface area contributed by atoms with Crippen molar-refractivity contribution in [1.82, 2.24) is 0 Å². The van der Waals surface area contributed by atoms with E-state index in [1.807, 2.05) is 0 Å². The van der Waals surface area contributed by atoms with Crippen molar-refractivity contribution in [3.63, 3.8) is 0 Å². The molecule has 120 valence electrons. The van der Waals surface area contributed by atoms with Gasteiger partial charge in [0.05, 0.1) is 0 Å². The molecule has 0 bridgehead atoms. The van der Waals surface area contributed by atoms with E-state index in [0.717, 1.165) is 0 Å². The summed E-state index contributed by atoms with van der Waals surface area (Å²) in [7, 11) is 0.408. The molecule has 1 unspecified atom stereocenters. The van der Waals surface area contributed by atoms with Crippen LogP contribution in [0.2, 0.25) is 0 Å². The highest BCUT2D eigenvalue weighted by molar-refractivity contribution is 8.14. The van der Waals surface area contributed by atoms with Gasteiger partial charge in [-0.2, -0.15) is 0 Å². The van der Waals surface area contributed by atoms with Gasteiger partial charge in [0.15, 0.2) is 0 Å². The van der Waals surface area contributed by atoms with E-state index in [1.165, 1.54) is 89.2 Å². The van der Waals surface area contributed by atoms with Crippen molar-refractivity contribution in [1.29, 1.82) is 0 Å². The zero-order valence-corrected chi connectivity index (χ0v) is 15.2. The maximum Gasteiger partial charge on any atom is -0.00504 e. The standard InChI is InChI=1S/C19H38S/c1-4-6-8-10-11-12-13-14-15-17-19-20(3)18-16-9-7-5-2/h16H,4-15,17,19H2,1-3H3. The van der Waals surface area contributed by atoms with Crippen LogP contribution >= 0.6 is 10.5 Å². The third-order valence-electron chi connectivity index (χ3n) is 3.79. The van der Waals surface area contributed by atoms with E-state index in [-0.39, 0.29) is 0 Å². The van der Waals surface area contributed by atoms with Crippen molar-refractivity contribution in [2.45, 2.75) is 97.3 Å². The molecule has 0 amide bonds. The topological polar surface area (TPSA) is 0 Å². The van der Waals surface area contributed by atoms with Crippen molar-refractivity contribution >= 4 is 15.5 Å². The minimum Gasteiger partial charge on any atom is -0.146 e. The number of hydrogen-bond donors (Lipinski definition) is 0. The minimum absolute atomic E-state index is 0.408. The highest BCUT2D eigenvalue weighted by Crippen LogP contribution is 2.13. The monoisotopic (exact) mass is 298 g/mol. The van der Waals surface area contributed by atoms with Gasteiger partial charge in [0, 0.05) is 0 Å². The van der Waals surface area contributed by atoms with Gasteiger partial charge in [-0.3, -0.25) is 0 Å². The van der Waals surface area contributed by atoms with Crippen molar-refractivity contribution < 1.29 is 0 Å². The molecule has 1 heteroatoms. The Bertz CT molecular complexity index is 248. The molecule has 0 aromatic heterocycles. The Balaban J connectivity index is 3.28. The zero-order chi connectivity index (χ0) is 14.9. The van der Waals surface area contributed by atoms with E-state index in [0.29, 0.717) is 10.5 Å². The molecule has 1 atom stereocenters. The van der Waals surface area contributed by atoms with E-state index in [9.17, 15) is 0 Å². The zero-order valence-electron chi connectivity index (χ0n) is 14.4. The molecule has 0 saturated carbocycles. The predicted octanol–water partition coefficient (Wildman–Crippen LogP) is 6.95. The largest absolute Gasteiger partial charge is 0.146 e. The average molecular weight is 299 g/mol. The Morgan fingerprint density at radius 3 is 1.75 bits per heavy atom. The quantitative estimate of drug-likeness (QED) is 0.240. The third kappa shape index (κ3) is 16.1. The van der Waals surface area contributed by atoms with E-state index >= 15 is 0 Å². The fourth-order valence-electron chi connectivity index (χ4n) is 2.37. The van der Waals surface area contributed by atoms with Crippen molar-refractivity contribution in [2.24, 2.45) is 0 Å². The minimum atomic E-state index is 0.408. The summed E-state index contributed by atoms with van der Waals surface area (Å²) in [5.41, 5.74) is 0. The Labute approximate surface area is 131 Å². The van der Waals surface area contributed by atoms with Gasteiger partial charge in [-0.1, -0.05) is 83.1 Å². The van der Waals surface area contributed by atoms with Crippen LogP contribution in [0.3, 0.4) is 0 Å². The summed E-state index contributed by atoms with van der Waals surface area (Å²) < 4.78 is 0. The predicted molar refractivity (Wildman–Crippen MR) is 99.3 cm³/mol. The number of allylic oxidation sites excluding steroid dienone is 1. The Morgan fingerprint density at radius 1 is 0.700 bits per heavy atom. The molecule has 0 N–H and O–H groups in total. The molecule has 20 heavy (non-hydrogen) atoms. The van der Waals surface area contributed by atoms with Gasteiger partial charge in [0.1, 0.15) is 0 Å². The van der Waals surface area contributed by atoms with Crippen molar-refractivity contribution in [2.75, 3.05) is 12.0 Å². The van der Waals surface area contributed by atoms with Crippen LogP contribution < -0.4 is 0 Å². The number of rotatable bonds is 14. The summed E-state index contributed by atoms with van der Waals surface area (Å²) in [5.74, 6) is 1.36. The fourth-order valence-corrected chi connectivity index (χ4v) is 3.53. The van der Waals surface area contributed by atoms with E-state index in [1.54, 1.807) is 0 Å². The van der Waals surface area contributed by atoms with Crippen LogP contribution in [0, 0.1) is 0 Å². The molecule has 0 rings (SSSR count). The highest BCUT2D eigenvalue weighted by Gasteiger charge is 1.93. The molecule has 0 spiro atoms. The molecule has 0 aliphatic carbocycles. The molecule has 0 nitrogen and oxygen atoms in total. The fraction of sp³-hybridized carbons (Fsp3) is 0.895. The summed E-state index contributed by atoms with van der Waals surface area (Å²) >= 11 is 0. The first-order chi connectivity index (χ1) is 9.81. The van der Waals surface area contributed by atoms with Crippen LogP contribution in [0.25, 0.3) is 0 Å². The maximum atomic E-state index is 3.55. The second kappa shape index (κ2) is 17.1. The smallest absolute Gasteiger partial charge is 0.00504 e. The molecular formula is C19H38S. The summed E-state index contributed by atoms with van der Waals surface area (Å²) in [4.78, 5) is 0. The van der Waals surface area contributed by atoms with Gasteiger partial charge in [0.2, 0.25) is 0 Å². The van der Waals surface area contributed by atoms with Crippen LogP contribution in [-0.2, 0) is 0 Å². The van der Waals surface area contributed by atoms with Gasteiger partial charge in [-0.15, -0.1) is 10.5 Å². The van der Waals surface area contributed by atoms with Crippen LogP contribution in [0.4, 0.5) is 0 Å².